The predicted molar refractivity (Wildman–Crippen MR) is 77.4 cm³/mol. The number of rotatable bonds is 6. The molecule has 3 N–H and O–H groups in total. The summed E-state index contributed by atoms with van der Waals surface area (Å²) >= 11 is 1.57. The van der Waals surface area contributed by atoms with Crippen molar-refractivity contribution in [2.45, 2.75) is 46.2 Å². The first-order valence-corrected chi connectivity index (χ1v) is 7.82. The Hall–Kier alpha value is -0.910. The number of carboxylic acids is 1. The lowest BCUT2D eigenvalue weighted by atomic mass is 10.0. The van der Waals surface area contributed by atoms with Gasteiger partial charge in [0.2, 0.25) is 0 Å². The number of carbonyl (C=O) groups excluding carboxylic acids is 1. The Bertz CT molecular complexity index is 355. The van der Waals surface area contributed by atoms with Gasteiger partial charge in [0.25, 0.3) is 0 Å². The van der Waals surface area contributed by atoms with Gasteiger partial charge in [-0.25, -0.2) is 9.59 Å². The minimum absolute atomic E-state index is 0.0440. The highest BCUT2D eigenvalue weighted by Crippen LogP contribution is 2.62. The maximum Gasteiger partial charge on any atom is 0.326 e. The molecule has 5 nitrogen and oxygen atoms in total. The third-order valence-corrected chi connectivity index (χ3v) is 5.15. The first kappa shape index (κ1) is 16.1. The van der Waals surface area contributed by atoms with Crippen molar-refractivity contribution in [3.63, 3.8) is 0 Å². The molecule has 110 valence electrons. The van der Waals surface area contributed by atoms with Crippen LogP contribution in [0.2, 0.25) is 0 Å². The molecule has 0 saturated heterocycles. The van der Waals surface area contributed by atoms with Gasteiger partial charge in [-0.3, -0.25) is 0 Å². The number of hydrogen-bond donors (Lipinski definition) is 3. The second kappa shape index (κ2) is 5.61. The SMILES string of the molecule is CSCCC(NC(=O)NC1C(C)(C)C1(C)C)C(=O)O. The number of aliphatic carboxylic acids is 1. The second-order valence-corrected chi connectivity index (χ2v) is 7.15. The Morgan fingerprint density at radius 3 is 2.16 bits per heavy atom. The molecule has 1 rings (SSSR count). The van der Waals surface area contributed by atoms with Crippen molar-refractivity contribution in [3.05, 3.63) is 0 Å². The highest BCUT2D eigenvalue weighted by Gasteiger charge is 2.65. The predicted octanol–water partition coefficient (Wildman–Crippen LogP) is 1.93. The third kappa shape index (κ3) is 3.35. The molecular formula is C13H24N2O3S. The molecular weight excluding hydrogens is 264 g/mol. The molecule has 0 spiro atoms. The van der Waals surface area contributed by atoms with Crippen LogP contribution < -0.4 is 10.6 Å². The number of carboxylic acid groups (broad SMARTS) is 1. The number of amides is 2. The van der Waals surface area contributed by atoms with E-state index in [1.807, 2.05) is 6.26 Å². The highest BCUT2D eigenvalue weighted by atomic mass is 32.2. The smallest absolute Gasteiger partial charge is 0.326 e. The second-order valence-electron chi connectivity index (χ2n) is 6.17. The molecule has 6 heteroatoms. The van der Waals surface area contributed by atoms with E-state index in [-0.39, 0.29) is 16.9 Å². The molecule has 1 unspecified atom stereocenters. The fourth-order valence-electron chi connectivity index (χ4n) is 2.38. The van der Waals surface area contributed by atoms with Crippen molar-refractivity contribution in [2.24, 2.45) is 10.8 Å². The molecule has 0 aromatic heterocycles. The number of thioether (sulfide) groups is 1. The van der Waals surface area contributed by atoms with E-state index in [0.717, 1.165) is 0 Å². The van der Waals surface area contributed by atoms with Gasteiger partial charge in [0.1, 0.15) is 6.04 Å². The molecule has 1 saturated carbocycles. The standard InChI is InChI=1S/C13H24N2O3S/c1-12(2)10(13(12,3)4)15-11(18)14-8(9(16)17)6-7-19-5/h8,10H,6-7H2,1-5H3,(H,16,17)(H2,14,15,18). The molecule has 0 aromatic carbocycles. The molecule has 0 bridgehead atoms. The van der Waals surface area contributed by atoms with Crippen LogP contribution in [0.25, 0.3) is 0 Å². The Balaban J connectivity index is 2.49. The summed E-state index contributed by atoms with van der Waals surface area (Å²) in [6, 6.07) is -1.13. The summed E-state index contributed by atoms with van der Waals surface area (Å²) in [5, 5.41) is 14.5. The largest absolute Gasteiger partial charge is 0.480 e. The van der Waals surface area contributed by atoms with Crippen LogP contribution in [-0.4, -0.2) is 41.2 Å². The normalized spacial score (nSPS) is 21.5. The summed E-state index contributed by atoms with van der Waals surface area (Å²) in [5.74, 6) is -0.281. The van der Waals surface area contributed by atoms with Crippen molar-refractivity contribution < 1.29 is 14.7 Å². The van der Waals surface area contributed by atoms with Gasteiger partial charge in [-0.2, -0.15) is 11.8 Å². The lowest BCUT2D eigenvalue weighted by molar-refractivity contribution is -0.139. The summed E-state index contributed by atoms with van der Waals surface area (Å²) in [7, 11) is 0. The van der Waals surface area contributed by atoms with Crippen LogP contribution >= 0.6 is 11.8 Å². The van der Waals surface area contributed by atoms with E-state index in [9.17, 15) is 9.59 Å². The van der Waals surface area contributed by atoms with Crippen LogP contribution in [0.15, 0.2) is 0 Å². The third-order valence-electron chi connectivity index (χ3n) is 4.51. The maximum atomic E-state index is 11.9. The monoisotopic (exact) mass is 288 g/mol. The molecule has 1 aliphatic rings. The first-order valence-electron chi connectivity index (χ1n) is 6.43. The molecule has 2 amide bonds. The van der Waals surface area contributed by atoms with E-state index >= 15 is 0 Å². The first-order chi connectivity index (χ1) is 8.64. The lowest BCUT2D eigenvalue weighted by Gasteiger charge is -2.15. The molecule has 19 heavy (non-hydrogen) atoms. The van der Waals surface area contributed by atoms with Gasteiger partial charge in [-0.15, -0.1) is 0 Å². The van der Waals surface area contributed by atoms with Crippen molar-refractivity contribution in [1.29, 1.82) is 0 Å². The van der Waals surface area contributed by atoms with Crippen molar-refractivity contribution in [1.82, 2.24) is 10.6 Å². The van der Waals surface area contributed by atoms with Crippen LogP contribution in [0, 0.1) is 10.8 Å². The summed E-state index contributed by atoms with van der Waals surface area (Å²) in [4.78, 5) is 22.9. The molecule has 0 radical (unpaired) electrons. The van der Waals surface area contributed by atoms with E-state index in [2.05, 4.69) is 38.3 Å². The summed E-state index contributed by atoms with van der Waals surface area (Å²) in [6.07, 6.45) is 2.34. The van der Waals surface area contributed by atoms with Gasteiger partial charge in [-0.05, 0) is 29.3 Å². The molecule has 0 aromatic rings. The molecule has 1 fully saturated rings. The average Bonchev–Trinajstić information content (AvgIpc) is 2.66. The minimum Gasteiger partial charge on any atom is -0.480 e. The van der Waals surface area contributed by atoms with Gasteiger partial charge in [0.15, 0.2) is 0 Å². The number of carbonyl (C=O) groups is 2. The van der Waals surface area contributed by atoms with Gasteiger partial charge in [0.05, 0.1) is 0 Å². The number of nitrogens with one attached hydrogen (secondary N) is 2. The Kier molecular flexibility index (Phi) is 4.76. The van der Waals surface area contributed by atoms with Crippen molar-refractivity contribution in [3.8, 4) is 0 Å². The fraction of sp³-hybridized carbons (Fsp3) is 0.846. The topological polar surface area (TPSA) is 78.4 Å². The van der Waals surface area contributed by atoms with Gasteiger partial charge in [0, 0.05) is 6.04 Å². The van der Waals surface area contributed by atoms with Crippen LogP contribution in [0.5, 0.6) is 0 Å². The van der Waals surface area contributed by atoms with Crippen LogP contribution in [0.1, 0.15) is 34.1 Å². The van der Waals surface area contributed by atoms with E-state index in [1.165, 1.54) is 0 Å². The quantitative estimate of drug-likeness (QED) is 0.698. The number of urea groups is 1. The molecule has 0 heterocycles. The molecule has 1 aliphatic carbocycles. The maximum absolute atomic E-state index is 11.9. The van der Waals surface area contributed by atoms with E-state index in [4.69, 9.17) is 5.11 Å². The van der Waals surface area contributed by atoms with Crippen LogP contribution in [0.4, 0.5) is 4.79 Å². The van der Waals surface area contributed by atoms with E-state index in [1.54, 1.807) is 11.8 Å². The zero-order chi connectivity index (χ0) is 14.8. The number of hydrogen-bond acceptors (Lipinski definition) is 3. The Labute approximate surface area is 118 Å². The molecule has 1 atom stereocenters. The Morgan fingerprint density at radius 2 is 1.79 bits per heavy atom. The van der Waals surface area contributed by atoms with Gasteiger partial charge < -0.3 is 15.7 Å². The van der Waals surface area contributed by atoms with Crippen molar-refractivity contribution in [2.75, 3.05) is 12.0 Å². The fourth-order valence-corrected chi connectivity index (χ4v) is 2.85. The van der Waals surface area contributed by atoms with Crippen LogP contribution in [0.3, 0.4) is 0 Å². The lowest BCUT2D eigenvalue weighted by Crippen LogP contribution is -2.47. The minimum atomic E-state index is -0.987. The van der Waals surface area contributed by atoms with E-state index in [0.29, 0.717) is 12.2 Å². The van der Waals surface area contributed by atoms with Crippen molar-refractivity contribution >= 4 is 23.8 Å². The Morgan fingerprint density at radius 1 is 1.26 bits per heavy atom. The molecule has 0 aliphatic heterocycles. The zero-order valence-corrected chi connectivity index (χ0v) is 13.1. The highest BCUT2D eigenvalue weighted by molar-refractivity contribution is 7.98. The summed E-state index contributed by atoms with van der Waals surface area (Å²) in [5.41, 5.74) is 0.0880. The van der Waals surface area contributed by atoms with Crippen LogP contribution in [-0.2, 0) is 4.79 Å². The summed E-state index contributed by atoms with van der Waals surface area (Å²) in [6.45, 7) is 8.39. The van der Waals surface area contributed by atoms with Gasteiger partial charge >= 0.3 is 12.0 Å². The van der Waals surface area contributed by atoms with Gasteiger partial charge in [-0.1, -0.05) is 27.7 Å². The zero-order valence-electron chi connectivity index (χ0n) is 12.2. The average molecular weight is 288 g/mol. The van der Waals surface area contributed by atoms with E-state index < -0.39 is 18.0 Å². The summed E-state index contributed by atoms with van der Waals surface area (Å²) < 4.78 is 0.